The molecule has 0 saturated carbocycles. The molecule has 0 aliphatic carbocycles. The summed E-state index contributed by atoms with van der Waals surface area (Å²) >= 11 is 0. The Balaban J connectivity index is 1.38. The predicted molar refractivity (Wildman–Crippen MR) is 230 cm³/mol. The molecule has 5 heteroatoms. The fraction of sp³-hybridized carbons (Fsp3) is 0. The standard InChI is InChI=1S/C50H29BN4/c1-52-42-31-47(54-43-27-13-7-21-36(43)37-22-8-14-28-44(37)54)48(49(53-2)50(42)55-45-29-15-9-23-38(45)39-24-10-16-30-46(39)55)51-40-25-11-5-19-34(40)32-17-3-4-18-33(32)35-20-6-12-26-41(35)51/h3-31H. The molecule has 0 unspecified atom stereocenters. The molecule has 11 rings (SSSR count). The summed E-state index contributed by atoms with van der Waals surface area (Å²) in [5.41, 5.74) is 14.0. The van der Waals surface area contributed by atoms with Gasteiger partial charge < -0.3 is 9.13 Å². The molecular weight excluding hydrogens is 667 g/mol. The van der Waals surface area contributed by atoms with Gasteiger partial charge in [0.2, 0.25) is 12.4 Å². The molecule has 0 amide bonds. The van der Waals surface area contributed by atoms with Crippen molar-refractivity contribution >= 4 is 78.1 Å². The molecule has 0 atom stereocenters. The predicted octanol–water partition coefficient (Wildman–Crippen LogP) is 11.1. The van der Waals surface area contributed by atoms with E-state index in [1.807, 2.05) is 12.1 Å². The highest BCUT2D eigenvalue weighted by Crippen LogP contribution is 2.44. The lowest BCUT2D eigenvalue weighted by Crippen LogP contribution is -2.54. The second kappa shape index (κ2) is 12.0. The van der Waals surface area contributed by atoms with Gasteiger partial charge in [-0.25, -0.2) is 9.69 Å². The monoisotopic (exact) mass is 696 g/mol. The van der Waals surface area contributed by atoms with E-state index in [0.717, 1.165) is 87.9 Å². The zero-order chi connectivity index (χ0) is 36.6. The lowest BCUT2D eigenvalue weighted by atomic mass is 9.35. The molecule has 2 aromatic heterocycles. The average molecular weight is 697 g/mol. The average Bonchev–Trinajstić information content (AvgIpc) is 3.72. The minimum Gasteiger partial charge on any atom is -0.329 e. The third kappa shape index (κ3) is 4.33. The van der Waals surface area contributed by atoms with E-state index < -0.39 is 0 Å². The van der Waals surface area contributed by atoms with E-state index in [1.165, 1.54) is 0 Å². The summed E-state index contributed by atoms with van der Waals surface area (Å²) < 4.78 is 4.45. The third-order valence-electron chi connectivity index (χ3n) is 11.5. The van der Waals surface area contributed by atoms with Gasteiger partial charge in [-0.05, 0) is 58.0 Å². The Morgan fingerprint density at radius 3 is 1.22 bits per heavy atom. The van der Waals surface area contributed by atoms with E-state index in [1.54, 1.807) is 0 Å². The summed E-state index contributed by atoms with van der Waals surface area (Å²) in [6.45, 7) is 17.7. The van der Waals surface area contributed by atoms with Gasteiger partial charge in [0.1, 0.15) is 0 Å². The molecule has 0 saturated heterocycles. The van der Waals surface area contributed by atoms with Crippen LogP contribution < -0.4 is 16.4 Å². The van der Waals surface area contributed by atoms with Gasteiger partial charge in [-0.15, -0.1) is 0 Å². The zero-order valence-electron chi connectivity index (χ0n) is 29.6. The Labute approximate surface area is 318 Å². The molecular formula is C50H29BN4. The van der Waals surface area contributed by atoms with Gasteiger partial charge in [-0.3, -0.25) is 0 Å². The van der Waals surface area contributed by atoms with Crippen LogP contribution in [-0.4, -0.2) is 15.8 Å². The van der Waals surface area contributed by atoms with Crippen LogP contribution in [0, 0.1) is 13.1 Å². The molecule has 4 nitrogen and oxygen atoms in total. The SMILES string of the molecule is [C-]#[N+]c1cc(-n2c3ccccc3c3ccccc32)c(B2c3ccccc3-c3ccccc3-c3ccccc32)c([N+]#[C-])c1-n1c2ccccc2c2ccccc21. The first-order valence-corrected chi connectivity index (χ1v) is 18.5. The number of rotatable bonds is 3. The van der Waals surface area contributed by atoms with Crippen molar-refractivity contribution in [2.45, 2.75) is 0 Å². The fourth-order valence-electron chi connectivity index (χ4n) is 9.30. The Morgan fingerprint density at radius 1 is 0.400 bits per heavy atom. The van der Waals surface area contributed by atoms with Crippen molar-refractivity contribution < 1.29 is 0 Å². The number of aromatic nitrogens is 2. The molecule has 0 N–H and O–H groups in total. The van der Waals surface area contributed by atoms with E-state index >= 15 is 0 Å². The first-order valence-electron chi connectivity index (χ1n) is 18.5. The van der Waals surface area contributed by atoms with Crippen LogP contribution in [0.1, 0.15) is 0 Å². The number of benzene rings is 8. The van der Waals surface area contributed by atoms with Crippen LogP contribution in [0.25, 0.3) is 86.9 Å². The van der Waals surface area contributed by atoms with E-state index in [9.17, 15) is 6.57 Å². The van der Waals surface area contributed by atoms with Gasteiger partial charge in [-0.2, -0.15) is 0 Å². The molecule has 0 spiro atoms. The van der Waals surface area contributed by atoms with Crippen molar-refractivity contribution in [3.63, 3.8) is 0 Å². The quantitative estimate of drug-likeness (QED) is 0.129. The summed E-state index contributed by atoms with van der Waals surface area (Å²) in [6.07, 6.45) is 0. The van der Waals surface area contributed by atoms with Gasteiger partial charge in [0.15, 0.2) is 5.69 Å². The maximum Gasteiger partial charge on any atom is 0.234 e. The summed E-state index contributed by atoms with van der Waals surface area (Å²) in [5, 5.41) is 4.41. The van der Waals surface area contributed by atoms with Gasteiger partial charge in [0, 0.05) is 27.2 Å². The van der Waals surface area contributed by atoms with Crippen molar-refractivity contribution in [1.82, 2.24) is 9.13 Å². The Hall–Kier alpha value is -7.60. The lowest BCUT2D eigenvalue weighted by Gasteiger charge is -2.26. The van der Waals surface area contributed by atoms with Gasteiger partial charge >= 0.3 is 0 Å². The molecule has 10 aromatic rings. The normalized spacial score (nSPS) is 11.9. The largest absolute Gasteiger partial charge is 0.329 e. The highest BCUT2D eigenvalue weighted by atomic mass is 15.0. The number of hydrogen-bond donors (Lipinski definition) is 0. The van der Waals surface area contributed by atoms with E-state index in [-0.39, 0.29) is 6.71 Å². The molecule has 0 bridgehead atoms. The molecule has 1 aliphatic rings. The number of fused-ring (bicyclic) bond motifs is 11. The minimum absolute atomic E-state index is 0.356. The summed E-state index contributed by atoms with van der Waals surface area (Å²) in [5.74, 6) is 0. The van der Waals surface area contributed by atoms with Crippen molar-refractivity contribution in [3.8, 4) is 33.6 Å². The highest BCUT2D eigenvalue weighted by Gasteiger charge is 2.37. The maximum absolute atomic E-state index is 9.23. The fourth-order valence-corrected chi connectivity index (χ4v) is 9.30. The van der Waals surface area contributed by atoms with Crippen molar-refractivity contribution in [2.75, 3.05) is 0 Å². The van der Waals surface area contributed by atoms with Crippen LogP contribution in [0.5, 0.6) is 0 Å². The van der Waals surface area contributed by atoms with Crippen molar-refractivity contribution in [3.05, 3.63) is 199 Å². The second-order valence-electron chi connectivity index (χ2n) is 14.1. The summed E-state index contributed by atoms with van der Waals surface area (Å²) in [6, 6.07) is 61.6. The lowest BCUT2D eigenvalue weighted by molar-refractivity contribution is 1.17. The second-order valence-corrected chi connectivity index (χ2v) is 14.1. The first-order chi connectivity index (χ1) is 27.3. The highest BCUT2D eigenvalue weighted by molar-refractivity contribution is 6.99. The van der Waals surface area contributed by atoms with Crippen LogP contribution in [0.2, 0.25) is 0 Å². The topological polar surface area (TPSA) is 18.6 Å². The first kappa shape index (κ1) is 31.0. The number of para-hydroxylation sites is 4. The summed E-state index contributed by atoms with van der Waals surface area (Å²) in [7, 11) is 0. The van der Waals surface area contributed by atoms with Crippen LogP contribution in [0.3, 0.4) is 0 Å². The molecule has 8 aromatic carbocycles. The molecule has 1 aliphatic heterocycles. The maximum atomic E-state index is 9.23. The van der Waals surface area contributed by atoms with Crippen LogP contribution in [0.4, 0.5) is 11.4 Å². The third-order valence-corrected chi connectivity index (χ3v) is 11.5. The molecule has 3 heterocycles. The van der Waals surface area contributed by atoms with Crippen molar-refractivity contribution in [1.29, 1.82) is 0 Å². The van der Waals surface area contributed by atoms with Crippen molar-refractivity contribution in [2.24, 2.45) is 0 Å². The van der Waals surface area contributed by atoms with Crippen LogP contribution in [-0.2, 0) is 0 Å². The zero-order valence-corrected chi connectivity index (χ0v) is 29.6. The van der Waals surface area contributed by atoms with Crippen LogP contribution in [0.15, 0.2) is 176 Å². The number of hydrogen-bond acceptors (Lipinski definition) is 0. The van der Waals surface area contributed by atoms with Gasteiger partial charge in [0.05, 0.1) is 40.9 Å². The molecule has 0 radical (unpaired) electrons. The molecule has 55 heavy (non-hydrogen) atoms. The Kier molecular flexibility index (Phi) is 6.74. The smallest absolute Gasteiger partial charge is 0.234 e. The van der Waals surface area contributed by atoms with E-state index in [0.29, 0.717) is 17.1 Å². The number of nitrogens with zero attached hydrogens (tertiary/aromatic N) is 4. The van der Waals surface area contributed by atoms with Gasteiger partial charge in [0.25, 0.3) is 0 Å². The Morgan fingerprint density at radius 2 is 0.782 bits per heavy atom. The summed E-state index contributed by atoms with van der Waals surface area (Å²) in [4.78, 5) is 8.83. The van der Waals surface area contributed by atoms with Gasteiger partial charge in [-0.1, -0.05) is 157 Å². The minimum atomic E-state index is -0.356. The molecule has 0 fully saturated rings. The van der Waals surface area contributed by atoms with E-state index in [4.69, 9.17) is 6.57 Å². The van der Waals surface area contributed by atoms with Crippen LogP contribution >= 0.6 is 0 Å². The molecule has 252 valence electrons. The Bertz CT molecular complexity index is 3140. The van der Waals surface area contributed by atoms with E-state index in [2.05, 4.69) is 183 Å².